The summed E-state index contributed by atoms with van der Waals surface area (Å²) >= 11 is 0. The van der Waals surface area contributed by atoms with Crippen LogP contribution in [-0.2, 0) is 4.74 Å². The topological polar surface area (TPSA) is 67.8 Å². The van der Waals surface area contributed by atoms with Gasteiger partial charge in [0.15, 0.2) is 0 Å². The molecule has 1 aromatic rings. The van der Waals surface area contributed by atoms with Crippen molar-refractivity contribution in [3.63, 3.8) is 0 Å². The Hall–Kier alpha value is -1.89. The summed E-state index contributed by atoms with van der Waals surface area (Å²) in [5, 5.41) is 11.7. The molecule has 0 spiro atoms. The van der Waals surface area contributed by atoms with Crippen LogP contribution in [0.25, 0.3) is 0 Å². The van der Waals surface area contributed by atoms with Gasteiger partial charge in [-0.15, -0.1) is 0 Å². The smallest absolute Gasteiger partial charge is 0.408 e. The zero-order chi connectivity index (χ0) is 16.8. The van der Waals surface area contributed by atoms with E-state index >= 15 is 0 Å². The van der Waals surface area contributed by atoms with Gasteiger partial charge in [-0.1, -0.05) is 12.1 Å². The van der Waals surface area contributed by atoms with Gasteiger partial charge < -0.3 is 19.9 Å². The molecule has 1 unspecified atom stereocenters. The fourth-order valence-electron chi connectivity index (χ4n) is 1.74. The molecule has 1 atom stereocenters. The molecule has 1 aromatic carbocycles. The van der Waals surface area contributed by atoms with E-state index in [2.05, 4.69) is 10.1 Å². The van der Waals surface area contributed by atoms with Crippen molar-refractivity contribution in [2.45, 2.75) is 45.4 Å². The molecule has 0 aliphatic carbocycles. The van der Waals surface area contributed by atoms with Crippen LogP contribution in [0.2, 0.25) is 0 Å². The molecule has 1 amide bonds. The number of nitrogens with one attached hydrogen (secondary N) is 1. The van der Waals surface area contributed by atoms with E-state index in [0.29, 0.717) is 5.56 Å². The van der Waals surface area contributed by atoms with Gasteiger partial charge >= 0.3 is 12.7 Å². The second-order valence-corrected chi connectivity index (χ2v) is 5.73. The predicted octanol–water partition coefficient (Wildman–Crippen LogP) is 3.24. The van der Waals surface area contributed by atoms with E-state index in [1.807, 2.05) is 20.8 Å². The third kappa shape index (κ3) is 6.71. The number of aliphatic hydroxyl groups excluding tert-OH is 1. The number of ether oxygens (including phenoxy) is 2. The Kier molecular flexibility index (Phi) is 6.55. The number of benzene rings is 1. The van der Waals surface area contributed by atoms with Gasteiger partial charge in [0.1, 0.15) is 11.9 Å². The van der Waals surface area contributed by atoms with Gasteiger partial charge in [0, 0.05) is 18.6 Å². The molecule has 22 heavy (non-hydrogen) atoms. The average Bonchev–Trinajstić information content (AvgIpc) is 2.36. The minimum absolute atomic E-state index is 0.0145. The molecule has 124 valence electrons. The summed E-state index contributed by atoms with van der Waals surface area (Å²) in [6, 6.07) is 5.75. The van der Waals surface area contributed by atoms with Gasteiger partial charge in [-0.3, -0.25) is 0 Å². The standard InChI is InChI=1S/C15H21F2NO4/c1-15(2,3)18-14(20)22-12(8-9-19)10-4-6-11(7-5-10)21-13(16)17/h4-7,12-13,19H,8-9H2,1-3H3,(H,18,20). The van der Waals surface area contributed by atoms with E-state index in [9.17, 15) is 13.6 Å². The maximum absolute atomic E-state index is 12.1. The third-order valence-corrected chi connectivity index (χ3v) is 2.59. The van der Waals surface area contributed by atoms with Crippen LogP contribution < -0.4 is 10.1 Å². The van der Waals surface area contributed by atoms with Crippen molar-refractivity contribution in [3.8, 4) is 5.75 Å². The lowest BCUT2D eigenvalue weighted by Crippen LogP contribution is -2.41. The zero-order valence-electron chi connectivity index (χ0n) is 12.8. The van der Waals surface area contributed by atoms with Crippen LogP contribution >= 0.6 is 0 Å². The number of hydrogen-bond donors (Lipinski definition) is 2. The predicted molar refractivity (Wildman–Crippen MR) is 76.9 cm³/mol. The maximum Gasteiger partial charge on any atom is 0.408 e. The number of aliphatic hydroxyl groups is 1. The van der Waals surface area contributed by atoms with Crippen LogP contribution in [0.15, 0.2) is 24.3 Å². The van der Waals surface area contributed by atoms with Gasteiger partial charge in [-0.25, -0.2) is 4.79 Å². The van der Waals surface area contributed by atoms with Crippen molar-refractivity contribution >= 4 is 6.09 Å². The second kappa shape index (κ2) is 7.93. The molecule has 2 N–H and O–H groups in total. The first-order valence-corrected chi connectivity index (χ1v) is 6.85. The Bertz CT molecular complexity index is 471. The van der Waals surface area contributed by atoms with E-state index in [4.69, 9.17) is 9.84 Å². The summed E-state index contributed by atoms with van der Waals surface area (Å²) in [6.45, 7) is 2.36. The molecule has 7 heteroatoms. The third-order valence-electron chi connectivity index (χ3n) is 2.59. The fourth-order valence-corrected chi connectivity index (χ4v) is 1.74. The Morgan fingerprint density at radius 2 is 1.86 bits per heavy atom. The lowest BCUT2D eigenvalue weighted by Gasteiger charge is -2.23. The van der Waals surface area contributed by atoms with Crippen LogP contribution in [0, 0.1) is 0 Å². The number of amides is 1. The lowest BCUT2D eigenvalue weighted by atomic mass is 10.1. The first-order chi connectivity index (χ1) is 10.2. The molecule has 1 rings (SSSR count). The van der Waals surface area contributed by atoms with Crippen LogP contribution in [0.4, 0.5) is 13.6 Å². The minimum Gasteiger partial charge on any atom is -0.441 e. The van der Waals surface area contributed by atoms with Crippen molar-refractivity contribution in [3.05, 3.63) is 29.8 Å². The van der Waals surface area contributed by atoms with Crippen molar-refractivity contribution in [2.75, 3.05) is 6.61 Å². The number of carbonyl (C=O) groups excluding carboxylic acids is 1. The zero-order valence-corrected chi connectivity index (χ0v) is 12.8. The Labute approximate surface area is 128 Å². The van der Waals surface area contributed by atoms with Crippen molar-refractivity contribution in [1.82, 2.24) is 5.32 Å². The van der Waals surface area contributed by atoms with E-state index in [1.165, 1.54) is 24.3 Å². The van der Waals surface area contributed by atoms with Crippen LogP contribution in [0.5, 0.6) is 5.75 Å². The number of carbonyl (C=O) groups is 1. The van der Waals surface area contributed by atoms with Crippen molar-refractivity contribution < 1.29 is 28.2 Å². The Balaban J connectivity index is 2.75. The van der Waals surface area contributed by atoms with Crippen LogP contribution in [0.1, 0.15) is 38.9 Å². The highest BCUT2D eigenvalue weighted by atomic mass is 19.3. The van der Waals surface area contributed by atoms with Crippen LogP contribution in [-0.4, -0.2) is 30.0 Å². The monoisotopic (exact) mass is 317 g/mol. The van der Waals surface area contributed by atoms with Gasteiger partial charge in [-0.2, -0.15) is 8.78 Å². The molecule has 0 saturated heterocycles. The Morgan fingerprint density at radius 3 is 2.32 bits per heavy atom. The second-order valence-electron chi connectivity index (χ2n) is 5.73. The summed E-state index contributed by atoms with van der Waals surface area (Å²) in [5.74, 6) is 0.0145. The molecule has 0 radical (unpaired) electrons. The molecule has 0 bridgehead atoms. The number of alkyl carbamates (subject to hydrolysis) is 1. The molecule has 0 aliphatic heterocycles. The molecular weight excluding hydrogens is 296 g/mol. The SMILES string of the molecule is CC(C)(C)NC(=O)OC(CCO)c1ccc(OC(F)F)cc1. The summed E-state index contributed by atoms with van der Waals surface area (Å²) < 4.78 is 33.7. The van der Waals surface area contributed by atoms with Gasteiger partial charge in [0.05, 0.1) is 0 Å². The van der Waals surface area contributed by atoms with Gasteiger partial charge in [0.25, 0.3) is 0 Å². The molecule has 0 fully saturated rings. The van der Waals surface area contributed by atoms with Crippen LogP contribution in [0.3, 0.4) is 0 Å². The summed E-state index contributed by atoms with van der Waals surface area (Å²) in [4.78, 5) is 11.8. The molecule has 5 nitrogen and oxygen atoms in total. The minimum atomic E-state index is -2.90. The first-order valence-electron chi connectivity index (χ1n) is 6.85. The average molecular weight is 317 g/mol. The summed E-state index contributed by atoms with van der Waals surface area (Å²) in [5.41, 5.74) is 0.134. The first kappa shape index (κ1) is 18.2. The van der Waals surface area contributed by atoms with Gasteiger partial charge in [0.2, 0.25) is 0 Å². The summed E-state index contributed by atoms with van der Waals surface area (Å²) in [7, 11) is 0. The van der Waals surface area contributed by atoms with Crippen molar-refractivity contribution in [1.29, 1.82) is 0 Å². The van der Waals surface area contributed by atoms with E-state index < -0.39 is 24.3 Å². The molecule has 0 aliphatic rings. The lowest BCUT2D eigenvalue weighted by molar-refractivity contribution is -0.0498. The number of rotatable bonds is 6. The fraction of sp³-hybridized carbons (Fsp3) is 0.533. The number of alkyl halides is 2. The highest BCUT2D eigenvalue weighted by molar-refractivity contribution is 5.68. The molecular formula is C15H21F2NO4. The summed E-state index contributed by atoms with van der Waals surface area (Å²) in [6.07, 6.45) is -1.08. The maximum atomic E-state index is 12.1. The quantitative estimate of drug-likeness (QED) is 0.845. The highest BCUT2D eigenvalue weighted by Gasteiger charge is 2.20. The Morgan fingerprint density at radius 1 is 1.27 bits per heavy atom. The molecule has 0 heterocycles. The molecule has 0 saturated carbocycles. The van der Waals surface area contributed by atoms with E-state index in [0.717, 1.165) is 0 Å². The van der Waals surface area contributed by atoms with E-state index in [1.54, 1.807) is 0 Å². The highest BCUT2D eigenvalue weighted by Crippen LogP contribution is 2.24. The van der Waals surface area contributed by atoms with Crippen molar-refractivity contribution in [2.24, 2.45) is 0 Å². The normalized spacial score (nSPS) is 12.9. The molecule has 0 aromatic heterocycles. The van der Waals surface area contributed by atoms with Gasteiger partial charge in [-0.05, 0) is 38.5 Å². The number of hydrogen-bond acceptors (Lipinski definition) is 4. The largest absolute Gasteiger partial charge is 0.441 e. The number of halogens is 2. The van der Waals surface area contributed by atoms with E-state index in [-0.39, 0.29) is 18.8 Å².